The summed E-state index contributed by atoms with van der Waals surface area (Å²) in [6.07, 6.45) is 5.16. The Balaban J connectivity index is 1.31. The lowest BCUT2D eigenvalue weighted by Gasteiger charge is -2.23. The largest absolute Gasteiger partial charge is 0.399 e. The van der Waals surface area contributed by atoms with E-state index >= 15 is 0 Å². The molecule has 1 aromatic heterocycles. The van der Waals surface area contributed by atoms with E-state index in [1.807, 2.05) is 30.3 Å². The molecule has 0 amide bonds. The number of nitrogen functional groups attached to an aromatic ring is 1. The average Bonchev–Trinajstić information content (AvgIpc) is 3.31. The van der Waals surface area contributed by atoms with Crippen LogP contribution < -0.4 is 10.5 Å². The minimum atomic E-state index is -3.27. The molecule has 0 radical (unpaired) electrons. The molecule has 224 valence electrons. The topological polar surface area (TPSA) is 91.2 Å². The third-order valence-electron chi connectivity index (χ3n) is 7.81. The molecule has 43 heavy (non-hydrogen) atoms. The van der Waals surface area contributed by atoms with Crippen LogP contribution in [0.5, 0.6) is 0 Å². The fourth-order valence-corrected chi connectivity index (χ4v) is 6.45. The van der Waals surface area contributed by atoms with Gasteiger partial charge in [-0.25, -0.2) is 8.42 Å². The van der Waals surface area contributed by atoms with Crippen molar-refractivity contribution in [3.8, 4) is 11.3 Å². The van der Waals surface area contributed by atoms with Crippen LogP contribution in [0.15, 0.2) is 91.0 Å². The van der Waals surface area contributed by atoms with E-state index in [4.69, 9.17) is 5.73 Å². The zero-order chi connectivity index (χ0) is 30.4. The molecule has 5 aromatic rings. The quantitative estimate of drug-likeness (QED) is 0.0974. The molecule has 0 saturated carbocycles. The van der Waals surface area contributed by atoms with Crippen LogP contribution >= 0.6 is 0 Å². The molecule has 0 aliphatic rings. The van der Waals surface area contributed by atoms with E-state index in [-0.39, 0.29) is 0 Å². The van der Waals surface area contributed by atoms with Crippen LogP contribution in [0.2, 0.25) is 0 Å². The van der Waals surface area contributed by atoms with Gasteiger partial charge in [0.1, 0.15) is 0 Å². The molecule has 1 heterocycles. The number of aromatic nitrogens is 1. The zero-order valence-electron chi connectivity index (χ0n) is 25.4. The van der Waals surface area contributed by atoms with Gasteiger partial charge in [-0.2, -0.15) is 0 Å². The van der Waals surface area contributed by atoms with Gasteiger partial charge in [0.25, 0.3) is 0 Å². The summed E-state index contributed by atoms with van der Waals surface area (Å²) in [4.78, 5) is 6.27. The number of sulfonamides is 1. The second-order valence-electron chi connectivity index (χ2n) is 11.7. The minimum Gasteiger partial charge on any atom is -0.399 e. The Bertz CT molecular complexity index is 1760. The molecule has 0 aliphatic carbocycles. The molecule has 0 bridgehead atoms. The van der Waals surface area contributed by atoms with Crippen molar-refractivity contribution in [2.24, 2.45) is 0 Å². The first-order valence-corrected chi connectivity index (χ1v) is 16.8. The number of fused-ring (bicyclic) bond motifs is 1. The van der Waals surface area contributed by atoms with Gasteiger partial charge in [0.15, 0.2) is 0 Å². The van der Waals surface area contributed by atoms with E-state index in [9.17, 15) is 8.42 Å². The summed E-state index contributed by atoms with van der Waals surface area (Å²) in [5.74, 6) is 0. The monoisotopic (exact) mass is 594 g/mol. The van der Waals surface area contributed by atoms with Crippen molar-refractivity contribution in [1.29, 1.82) is 0 Å². The van der Waals surface area contributed by atoms with E-state index in [1.165, 1.54) is 50.7 Å². The Morgan fingerprint density at radius 1 is 0.791 bits per heavy atom. The summed E-state index contributed by atoms with van der Waals surface area (Å²) in [6, 6.07) is 31.3. The van der Waals surface area contributed by atoms with E-state index < -0.39 is 10.0 Å². The van der Waals surface area contributed by atoms with Crippen LogP contribution in [-0.2, 0) is 29.4 Å². The number of anilines is 2. The third kappa shape index (κ3) is 8.49. The van der Waals surface area contributed by atoms with Crippen molar-refractivity contribution in [2.45, 2.75) is 46.1 Å². The van der Waals surface area contributed by atoms with Gasteiger partial charge in [-0.15, -0.1) is 0 Å². The molecule has 4 aromatic carbocycles. The standard InChI is InChI=1S/C36H42N4O2S/c1-26-21-27(2)23-30(22-26)36-33(34-24-31(37)14-17-35(34)38-36)18-20-40(25-29-10-5-4-6-11-29)19-8-7-9-28-12-15-32(16-13-28)39-43(3,41)42/h4-6,10-17,21-24,38-39H,7-9,18-20,25,37H2,1-3H3. The SMILES string of the molecule is Cc1cc(C)cc(-c2[nH]c3ccc(N)cc3c2CCN(CCCCc2ccc(NS(C)(=O)=O)cc2)Cc2ccccc2)c1. The van der Waals surface area contributed by atoms with Crippen molar-refractivity contribution in [3.05, 3.63) is 119 Å². The number of rotatable bonds is 13. The number of hydrogen-bond donors (Lipinski definition) is 3. The number of benzene rings is 4. The van der Waals surface area contributed by atoms with Crippen LogP contribution in [-0.4, -0.2) is 37.6 Å². The van der Waals surface area contributed by atoms with Crippen LogP contribution in [0, 0.1) is 13.8 Å². The molecule has 0 atom stereocenters. The van der Waals surface area contributed by atoms with Crippen molar-refractivity contribution in [3.63, 3.8) is 0 Å². The maximum absolute atomic E-state index is 11.5. The summed E-state index contributed by atoms with van der Waals surface area (Å²) >= 11 is 0. The molecule has 7 heteroatoms. The number of aromatic amines is 1. The lowest BCUT2D eigenvalue weighted by Crippen LogP contribution is -2.27. The van der Waals surface area contributed by atoms with Crippen LogP contribution in [0.1, 0.15) is 40.7 Å². The summed E-state index contributed by atoms with van der Waals surface area (Å²) in [5, 5.41) is 1.20. The van der Waals surface area contributed by atoms with E-state index in [0.29, 0.717) is 5.69 Å². The summed E-state index contributed by atoms with van der Waals surface area (Å²) < 4.78 is 25.5. The van der Waals surface area contributed by atoms with Gasteiger partial charge in [0, 0.05) is 41.1 Å². The van der Waals surface area contributed by atoms with Crippen molar-refractivity contribution in [1.82, 2.24) is 9.88 Å². The highest BCUT2D eigenvalue weighted by molar-refractivity contribution is 7.92. The number of H-pyrrole nitrogens is 1. The molecule has 0 spiro atoms. The summed E-state index contributed by atoms with van der Waals surface area (Å²) in [7, 11) is -3.27. The second kappa shape index (κ2) is 13.5. The normalized spacial score (nSPS) is 11.8. The Morgan fingerprint density at radius 3 is 2.21 bits per heavy atom. The molecular formula is C36H42N4O2S. The van der Waals surface area contributed by atoms with Gasteiger partial charge in [-0.1, -0.05) is 59.7 Å². The van der Waals surface area contributed by atoms with Gasteiger partial charge in [0.2, 0.25) is 10.0 Å². The van der Waals surface area contributed by atoms with Gasteiger partial charge in [-0.05, 0) is 111 Å². The molecular weight excluding hydrogens is 552 g/mol. The Hall–Kier alpha value is -4.07. The molecule has 0 fully saturated rings. The first-order chi connectivity index (χ1) is 20.6. The van der Waals surface area contributed by atoms with Gasteiger partial charge < -0.3 is 10.7 Å². The zero-order valence-corrected chi connectivity index (χ0v) is 26.2. The molecule has 6 nitrogen and oxygen atoms in total. The Morgan fingerprint density at radius 2 is 1.51 bits per heavy atom. The predicted molar refractivity (Wildman–Crippen MR) is 181 cm³/mol. The highest BCUT2D eigenvalue weighted by Crippen LogP contribution is 2.33. The fourth-order valence-electron chi connectivity index (χ4n) is 5.89. The lowest BCUT2D eigenvalue weighted by atomic mass is 9.99. The summed E-state index contributed by atoms with van der Waals surface area (Å²) in [6.45, 7) is 7.13. The first-order valence-electron chi connectivity index (χ1n) is 14.9. The van der Waals surface area contributed by atoms with Crippen LogP contribution in [0.4, 0.5) is 11.4 Å². The fraction of sp³-hybridized carbons (Fsp3) is 0.278. The van der Waals surface area contributed by atoms with Gasteiger partial charge in [0.05, 0.1) is 6.26 Å². The van der Waals surface area contributed by atoms with Crippen molar-refractivity contribution < 1.29 is 8.42 Å². The van der Waals surface area contributed by atoms with E-state index in [2.05, 4.69) is 89.1 Å². The van der Waals surface area contributed by atoms with Gasteiger partial charge in [-0.3, -0.25) is 9.62 Å². The first kappa shape index (κ1) is 30.4. The number of nitrogens with one attached hydrogen (secondary N) is 2. The average molecular weight is 595 g/mol. The third-order valence-corrected chi connectivity index (χ3v) is 8.42. The minimum absolute atomic E-state index is 0.597. The Kier molecular flexibility index (Phi) is 9.53. The van der Waals surface area contributed by atoms with Crippen LogP contribution in [0.25, 0.3) is 22.2 Å². The molecule has 4 N–H and O–H groups in total. The number of unbranched alkanes of at least 4 members (excludes halogenated alkanes) is 1. The number of aryl methyl sites for hydroxylation is 3. The van der Waals surface area contributed by atoms with Crippen LogP contribution in [0.3, 0.4) is 0 Å². The maximum Gasteiger partial charge on any atom is 0.229 e. The smallest absolute Gasteiger partial charge is 0.229 e. The second-order valence-corrected chi connectivity index (χ2v) is 13.4. The lowest BCUT2D eigenvalue weighted by molar-refractivity contribution is 0.263. The summed E-state index contributed by atoms with van der Waals surface area (Å²) in [5.41, 5.74) is 17.5. The Labute approximate surface area is 256 Å². The number of nitrogens with zero attached hydrogens (tertiary/aromatic N) is 1. The predicted octanol–water partition coefficient (Wildman–Crippen LogP) is 7.47. The molecule has 0 saturated heterocycles. The van der Waals surface area contributed by atoms with Gasteiger partial charge >= 0.3 is 0 Å². The van der Waals surface area contributed by atoms with E-state index in [1.54, 1.807) is 0 Å². The molecule has 0 aliphatic heterocycles. The maximum atomic E-state index is 11.5. The van der Waals surface area contributed by atoms with Crippen molar-refractivity contribution in [2.75, 3.05) is 29.8 Å². The molecule has 0 unspecified atom stereocenters. The molecule has 5 rings (SSSR count). The van der Waals surface area contributed by atoms with E-state index in [0.717, 1.165) is 56.5 Å². The number of hydrogen-bond acceptors (Lipinski definition) is 4. The van der Waals surface area contributed by atoms with Crippen molar-refractivity contribution >= 4 is 32.3 Å². The highest BCUT2D eigenvalue weighted by atomic mass is 32.2. The number of nitrogens with two attached hydrogens (primary N) is 1. The highest BCUT2D eigenvalue weighted by Gasteiger charge is 2.16.